The van der Waals surface area contributed by atoms with E-state index in [9.17, 15) is 4.79 Å². The second-order valence-corrected chi connectivity index (χ2v) is 3.98. The average Bonchev–Trinajstić information content (AvgIpc) is 2.26. The molecule has 0 aliphatic heterocycles. The summed E-state index contributed by atoms with van der Waals surface area (Å²) in [5.74, 6) is -0.311. The Hall–Kier alpha value is -1.71. The van der Waals surface area contributed by atoms with Gasteiger partial charge in [-0.25, -0.2) is 4.79 Å². The van der Waals surface area contributed by atoms with Crippen LogP contribution >= 0.6 is 0 Å². The first-order valence-corrected chi connectivity index (χ1v) is 5.04. The topological polar surface area (TPSA) is 32.8 Å². The predicted molar refractivity (Wildman–Crippen MR) is 66.4 cm³/mol. The van der Waals surface area contributed by atoms with Crippen LogP contribution in [-0.4, -0.2) is 41.3 Å². The van der Waals surface area contributed by atoms with E-state index in [1.807, 2.05) is 50.1 Å². The number of benzene rings is 1. The van der Waals surface area contributed by atoms with E-state index >= 15 is 0 Å². The van der Waals surface area contributed by atoms with Crippen molar-refractivity contribution in [1.29, 1.82) is 0 Å². The molecule has 0 heterocycles. The summed E-state index contributed by atoms with van der Waals surface area (Å²) in [6.07, 6.45) is 0. The Labute approximate surface area is 96.4 Å². The Morgan fingerprint density at radius 1 is 1.12 bits per heavy atom. The summed E-state index contributed by atoms with van der Waals surface area (Å²) in [4.78, 5) is 15.5. The van der Waals surface area contributed by atoms with Crippen molar-refractivity contribution in [2.75, 3.05) is 45.1 Å². The molecule has 16 heavy (non-hydrogen) atoms. The highest BCUT2D eigenvalue weighted by atomic mass is 16.5. The lowest BCUT2D eigenvalue weighted by atomic mass is 10.1. The minimum Gasteiger partial charge on any atom is -0.465 e. The third kappa shape index (κ3) is 2.45. The van der Waals surface area contributed by atoms with Gasteiger partial charge in [0.15, 0.2) is 0 Å². The highest BCUT2D eigenvalue weighted by Crippen LogP contribution is 2.25. The van der Waals surface area contributed by atoms with Crippen molar-refractivity contribution in [3.8, 4) is 0 Å². The van der Waals surface area contributed by atoms with E-state index in [4.69, 9.17) is 4.74 Å². The van der Waals surface area contributed by atoms with Gasteiger partial charge in [-0.05, 0) is 18.2 Å². The van der Waals surface area contributed by atoms with E-state index in [2.05, 4.69) is 0 Å². The first-order chi connectivity index (χ1) is 7.47. The van der Waals surface area contributed by atoms with Gasteiger partial charge in [-0.2, -0.15) is 0 Å². The Morgan fingerprint density at radius 2 is 1.75 bits per heavy atom. The fraction of sp³-hybridized carbons (Fsp3) is 0.417. The minimum absolute atomic E-state index is 0.311. The molecule has 88 valence electrons. The van der Waals surface area contributed by atoms with Crippen molar-refractivity contribution < 1.29 is 9.53 Å². The second-order valence-electron chi connectivity index (χ2n) is 3.98. The largest absolute Gasteiger partial charge is 0.465 e. The molecule has 0 fully saturated rings. The zero-order chi connectivity index (χ0) is 12.3. The van der Waals surface area contributed by atoms with E-state index < -0.39 is 0 Å². The van der Waals surface area contributed by atoms with Gasteiger partial charge in [0.25, 0.3) is 0 Å². The molecule has 0 amide bonds. The summed E-state index contributed by atoms with van der Waals surface area (Å²) < 4.78 is 4.75. The van der Waals surface area contributed by atoms with Gasteiger partial charge in [0.1, 0.15) is 0 Å². The van der Waals surface area contributed by atoms with Gasteiger partial charge in [0.2, 0.25) is 0 Å². The Morgan fingerprint density at radius 3 is 2.19 bits per heavy atom. The molecule has 0 aliphatic carbocycles. The third-order valence-corrected chi connectivity index (χ3v) is 2.38. The number of carbonyl (C=O) groups excluding carboxylic acids is 1. The van der Waals surface area contributed by atoms with Crippen LogP contribution in [0.3, 0.4) is 0 Å². The molecule has 4 nitrogen and oxygen atoms in total. The van der Waals surface area contributed by atoms with E-state index in [-0.39, 0.29) is 5.97 Å². The average molecular weight is 222 g/mol. The first kappa shape index (κ1) is 12.4. The smallest absolute Gasteiger partial charge is 0.339 e. The number of rotatable bonds is 3. The molecule has 0 spiro atoms. The maximum atomic E-state index is 11.6. The van der Waals surface area contributed by atoms with Crippen molar-refractivity contribution in [1.82, 2.24) is 0 Å². The molecule has 0 aromatic heterocycles. The molecule has 0 bridgehead atoms. The number of carbonyl (C=O) groups is 1. The number of hydrogen-bond acceptors (Lipinski definition) is 4. The maximum absolute atomic E-state index is 11.6. The highest BCUT2D eigenvalue weighted by Gasteiger charge is 2.14. The standard InChI is InChI=1S/C12H18N2O2/c1-13(2)9-6-7-10(12(15)16-5)11(8-9)14(3)4/h6-8H,1-5H3. The van der Waals surface area contributed by atoms with Crippen LogP contribution in [-0.2, 0) is 4.74 Å². The quantitative estimate of drug-likeness (QED) is 0.727. The fourth-order valence-electron chi connectivity index (χ4n) is 1.45. The van der Waals surface area contributed by atoms with Crippen LogP contribution in [0.5, 0.6) is 0 Å². The van der Waals surface area contributed by atoms with Gasteiger partial charge in [0, 0.05) is 33.9 Å². The summed E-state index contributed by atoms with van der Waals surface area (Å²) in [5.41, 5.74) is 2.49. The molecule has 4 heteroatoms. The van der Waals surface area contributed by atoms with Gasteiger partial charge in [0.05, 0.1) is 18.4 Å². The van der Waals surface area contributed by atoms with Crippen molar-refractivity contribution in [2.45, 2.75) is 0 Å². The number of nitrogens with zero attached hydrogens (tertiary/aromatic N) is 2. The summed E-state index contributed by atoms with van der Waals surface area (Å²) in [6.45, 7) is 0. The molecule has 0 radical (unpaired) electrons. The number of esters is 1. The van der Waals surface area contributed by atoms with Crippen LogP contribution in [0.25, 0.3) is 0 Å². The van der Waals surface area contributed by atoms with Crippen LogP contribution in [0, 0.1) is 0 Å². The predicted octanol–water partition coefficient (Wildman–Crippen LogP) is 1.61. The van der Waals surface area contributed by atoms with Gasteiger partial charge in [-0.15, -0.1) is 0 Å². The molecule has 0 saturated carbocycles. The second kappa shape index (κ2) is 4.88. The van der Waals surface area contributed by atoms with Crippen LogP contribution in [0.4, 0.5) is 11.4 Å². The van der Waals surface area contributed by atoms with E-state index in [0.717, 1.165) is 11.4 Å². The number of ether oxygens (including phenoxy) is 1. The van der Waals surface area contributed by atoms with Crippen molar-refractivity contribution in [3.05, 3.63) is 23.8 Å². The van der Waals surface area contributed by atoms with E-state index in [1.165, 1.54) is 7.11 Å². The monoisotopic (exact) mass is 222 g/mol. The van der Waals surface area contributed by atoms with E-state index in [0.29, 0.717) is 5.56 Å². The normalized spacial score (nSPS) is 9.81. The zero-order valence-corrected chi connectivity index (χ0v) is 10.4. The Kier molecular flexibility index (Phi) is 3.77. The lowest BCUT2D eigenvalue weighted by Gasteiger charge is -2.20. The summed E-state index contributed by atoms with van der Waals surface area (Å²) in [6, 6.07) is 5.65. The molecule has 0 N–H and O–H groups in total. The maximum Gasteiger partial charge on any atom is 0.339 e. The van der Waals surface area contributed by atoms with E-state index in [1.54, 1.807) is 6.07 Å². The first-order valence-electron chi connectivity index (χ1n) is 5.04. The van der Waals surface area contributed by atoms with Crippen LogP contribution < -0.4 is 9.80 Å². The molecular weight excluding hydrogens is 204 g/mol. The highest BCUT2D eigenvalue weighted by molar-refractivity contribution is 5.96. The number of anilines is 2. The molecule has 0 atom stereocenters. The van der Waals surface area contributed by atoms with Crippen molar-refractivity contribution in [2.24, 2.45) is 0 Å². The lowest BCUT2D eigenvalue weighted by molar-refractivity contribution is 0.0601. The van der Waals surface area contributed by atoms with Gasteiger partial charge >= 0.3 is 5.97 Å². The molecule has 0 saturated heterocycles. The van der Waals surface area contributed by atoms with Crippen LogP contribution in [0.2, 0.25) is 0 Å². The summed E-state index contributed by atoms with van der Waals surface area (Å²) >= 11 is 0. The van der Waals surface area contributed by atoms with Gasteiger partial charge in [-0.1, -0.05) is 0 Å². The fourth-order valence-corrected chi connectivity index (χ4v) is 1.45. The number of hydrogen-bond donors (Lipinski definition) is 0. The third-order valence-electron chi connectivity index (χ3n) is 2.38. The molecule has 1 aromatic carbocycles. The van der Waals surface area contributed by atoms with Crippen LogP contribution in [0.1, 0.15) is 10.4 Å². The molecule has 1 aromatic rings. The zero-order valence-electron chi connectivity index (χ0n) is 10.4. The molecule has 0 aliphatic rings. The molecule has 1 rings (SSSR count). The number of methoxy groups -OCH3 is 1. The Bertz CT molecular complexity index is 387. The minimum atomic E-state index is -0.311. The van der Waals surface area contributed by atoms with Gasteiger partial charge in [-0.3, -0.25) is 0 Å². The van der Waals surface area contributed by atoms with Crippen molar-refractivity contribution >= 4 is 17.3 Å². The summed E-state index contributed by atoms with van der Waals surface area (Å²) in [7, 11) is 9.13. The molecule has 0 unspecified atom stereocenters. The Balaban J connectivity index is 3.25. The van der Waals surface area contributed by atoms with Gasteiger partial charge < -0.3 is 14.5 Å². The van der Waals surface area contributed by atoms with Crippen molar-refractivity contribution in [3.63, 3.8) is 0 Å². The van der Waals surface area contributed by atoms with Crippen LogP contribution in [0.15, 0.2) is 18.2 Å². The SMILES string of the molecule is COC(=O)c1ccc(N(C)C)cc1N(C)C. The lowest BCUT2D eigenvalue weighted by Crippen LogP contribution is -2.16. The molecular formula is C12H18N2O2. The summed E-state index contributed by atoms with van der Waals surface area (Å²) in [5, 5.41) is 0.